The third-order valence-corrected chi connectivity index (χ3v) is 2.00. The van der Waals surface area contributed by atoms with Gasteiger partial charge in [0.25, 0.3) is 0 Å². The number of ether oxygens (including phenoxy) is 1. The van der Waals surface area contributed by atoms with Crippen LogP contribution in [0.1, 0.15) is 34.1 Å². The van der Waals surface area contributed by atoms with Gasteiger partial charge in [-0.2, -0.15) is 0 Å². The van der Waals surface area contributed by atoms with Crippen molar-refractivity contribution in [3.05, 3.63) is 11.5 Å². The van der Waals surface area contributed by atoms with Crippen molar-refractivity contribution in [2.45, 2.75) is 34.1 Å². The minimum Gasteiger partial charge on any atom is -0.494 e. The molecule has 0 atom stereocenters. The normalized spacial score (nSPS) is 18.7. The van der Waals surface area contributed by atoms with Gasteiger partial charge in [0, 0.05) is 17.7 Å². The van der Waals surface area contributed by atoms with Gasteiger partial charge < -0.3 is 10.1 Å². The van der Waals surface area contributed by atoms with Crippen LogP contribution in [0.3, 0.4) is 0 Å². The van der Waals surface area contributed by atoms with Crippen molar-refractivity contribution in [1.82, 2.24) is 5.32 Å². The highest BCUT2D eigenvalue weighted by atomic mass is 16.5. The third kappa shape index (κ3) is 1.93. The van der Waals surface area contributed by atoms with Gasteiger partial charge in [0.05, 0.1) is 0 Å². The minimum absolute atomic E-state index is 0.138. The number of nitrogens with one attached hydrogen (secondary N) is 1. The Bertz CT molecular complexity index is 189. The molecule has 12 heavy (non-hydrogen) atoms. The van der Waals surface area contributed by atoms with Gasteiger partial charge in [-0.1, -0.05) is 27.7 Å². The van der Waals surface area contributed by atoms with Crippen molar-refractivity contribution < 1.29 is 4.74 Å². The molecule has 0 spiro atoms. The number of allylic oxidation sites excluding steroid dienone is 2. The quantitative estimate of drug-likeness (QED) is 0.650. The van der Waals surface area contributed by atoms with E-state index in [1.165, 1.54) is 5.70 Å². The molecule has 0 radical (unpaired) electrons. The van der Waals surface area contributed by atoms with Crippen LogP contribution in [-0.4, -0.2) is 13.2 Å². The Morgan fingerprint density at radius 2 is 2.08 bits per heavy atom. The molecule has 70 valence electrons. The highest BCUT2D eigenvalue weighted by Crippen LogP contribution is 2.30. The molecule has 0 aliphatic carbocycles. The first kappa shape index (κ1) is 9.43. The maximum absolute atomic E-state index is 5.66. The van der Waals surface area contributed by atoms with Crippen molar-refractivity contribution in [3.63, 3.8) is 0 Å². The van der Waals surface area contributed by atoms with Crippen LogP contribution in [-0.2, 0) is 4.74 Å². The summed E-state index contributed by atoms with van der Waals surface area (Å²) >= 11 is 0. The average molecular weight is 169 g/mol. The second-order valence-electron chi connectivity index (χ2n) is 4.19. The summed E-state index contributed by atoms with van der Waals surface area (Å²) in [6.45, 7) is 10.5. The molecule has 1 aliphatic heterocycles. The van der Waals surface area contributed by atoms with E-state index < -0.39 is 0 Å². The minimum atomic E-state index is 0.138. The first-order valence-corrected chi connectivity index (χ1v) is 4.66. The van der Waals surface area contributed by atoms with E-state index in [0.29, 0.717) is 0 Å². The monoisotopic (exact) mass is 169 g/mol. The molecule has 1 aliphatic rings. The molecule has 1 heterocycles. The summed E-state index contributed by atoms with van der Waals surface area (Å²) in [7, 11) is 0. The summed E-state index contributed by atoms with van der Waals surface area (Å²) in [5.74, 6) is 1.14. The van der Waals surface area contributed by atoms with Crippen LogP contribution in [0.4, 0.5) is 0 Å². The molecule has 0 saturated carbocycles. The fraction of sp³-hybridized carbons (Fsp3) is 0.800. The summed E-state index contributed by atoms with van der Waals surface area (Å²) in [6.07, 6.45) is 1.03. The predicted octanol–water partition coefficient (Wildman–Crippen LogP) is 2.27. The number of rotatable bonds is 1. The lowest BCUT2D eigenvalue weighted by atomic mass is 9.91. The van der Waals surface area contributed by atoms with E-state index in [-0.39, 0.29) is 5.41 Å². The smallest absolute Gasteiger partial charge is 0.120 e. The third-order valence-electron chi connectivity index (χ3n) is 2.00. The molecule has 0 fully saturated rings. The van der Waals surface area contributed by atoms with E-state index in [2.05, 4.69) is 33.0 Å². The van der Waals surface area contributed by atoms with E-state index in [4.69, 9.17) is 4.74 Å². The number of hydrogen-bond donors (Lipinski definition) is 1. The largest absolute Gasteiger partial charge is 0.494 e. The van der Waals surface area contributed by atoms with Crippen molar-refractivity contribution in [3.8, 4) is 0 Å². The summed E-state index contributed by atoms with van der Waals surface area (Å²) in [5.41, 5.74) is 1.41. The Balaban J connectivity index is 2.87. The van der Waals surface area contributed by atoms with Crippen LogP contribution in [0, 0.1) is 5.41 Å². The summed E-state index contributed by atoms with van der Waals surface area (Å²) < 4.78 is 5.66. The molecule has 1 rings (SSSR count). The maximum Gasteiger partial charge on any atom is 0.120 e. The summed E-state index contributed by atoms with van der Waals surface area (Å²) in [4.78, 5) is 0. The van der Waals surface area contributed by atoms with Gasteiger partial charge in [0.1, 0.15) is 12.4 Å². The van der Waals surface area contributed by atoms with Gasteiger partial charge in [-0.25, -0.2) is 0 Å². The first-order valence-electron chi connectivity index (χ1n) is 4.66. The fourth-order valence-corrected chi connectivity index (χ4v) is 1.48. The molecular formula is C10H19NO. The number of hydrogen-bond acceptors (Lipinski definition) is 2. The van der Waals surface area contributed by atoms with E-state index in [0.717, 1.165) is 25.3 Å². The van der Waals surface area contributed by atoms with Crippen molar-refractivity contribution in [2.75, 3.05) is 13.2 Å². The molecule has 0 amide bonds. The zero-order chi connectivity index (χ0) is 9.19. The molecule has 1 N–H and O–H groups in total. The molecule has 0 aromatic heterocycles. The Hall–Kier alpha value is -0.660. The van der Waals surface area contributed by atoms with E-state index in [1.54, 1.807) is 0 Å². The predicted molar refractivity (Wildman–Crippen MR) is 50.7 cm³/mol. The van der Waals surface area contributed by atoms with Gasteiger partial charge in [-0.15, -0.1) is 0 Å². The van der Waals surface area contributed by atoms with Crippen molar-refractivity contribution in [2.24, 2.45) is 5.41 Å². The zero-order valence-corrected chi connectivity index (χ0v) is 8.53. The van der Waals surface area contributed by atoms with Crippen LogP contribution >= 0.6 is 0 Å². The second kappa shape index (κ2) is 3.38. The highest BCUT2D eigenvalue weighted by Gasteiger charge is 2.24. The van der Waals surface area contributed by atoms with Crippen LogP contribution in [0.2, 0.25) is 0 Å². The molecule has 2 nitrogen and oxygen atoms in total. The molecule has 0 aromatic carbocycles. The van der Waals surface area contributed by atoms with Crippen molar-refractivity contribution in [1.29, 1.82) is 0 Å². The SMILES string of the molecule is CCC1=C(C(C)(C)C)OCCN1. The van der Waals surface area contributed by atoms with Gasteiger partial charge in [-0.05, 0) is 6.42 Å². The lowest BCUT2D eigenvalue weighted by Gasteiger charge is -2.30. The van der Waals surface area contributed by atoms with E-state index in [1.807, 2.05) is 0 Å². The highest BCUT2D eigenvalue weighted by molar-refractivity contribution is 5.14. The van der Waals surface area contributed by atoms with Gasteiger partial charge in [0.15, 0.2) is 0 Å². The standard InChI is InChI=1S/C10H19NO/c1-5-8-9(10(2,3)4)12-7-6-11-8/h11H,5-7H2,1-4H3. The van der Waals surface area contributed by atoms with Crippen molar-refractivity contribution >= 4 is 0 Å². The van der Waals surface area contributed by atoms with Gasteiger partial charge in [0.2, 0.25) is 0 Å². The molecule has 0 unspecified atom stereocenters. The Labute approximate surface area is 75.0 Å². The molecule has 0 bridgehead atoms. The van der Waals surface area contributed by atoms with Crippen LogP contribution < -0.4 is 5.32 Å². The van der Waals surface area contributed by atoms with Crippen LogP contribution in [0.5, 0.6) is 0 Å². The lowest BCUT2D eigenvalue weighted by Crippen LogP contribution is -2.31. The van der Waals surface area contributed by atoms with E-state index >= 15 is 0 Å². The van der Waals surface area contributed by atoms with Gasteiger partial charge in [-0.3, -0.25) is 0 Å². The summed E-state index contributed by atoms with van der Waals surface area (Å²) in [6, 6.07) is 0. The van der Waals surface area contributed by atoms with Crippen LogP contribution in [0.25, 0.3) is 0 Å². The molecular weight excluding hydrogens is 150 g/mol. The molecule has 0 saturated heterocycles. The van der Waals surface area contributed by atoms with Crippen LogP contribution in [0.15, 0.2) is 11.5 Å². The topological polar surface area (TPSA) is 21.3 Å². The maximum atomic E-state index is 5.66. The Morgan fingerprint density at radius 1 is 1.42 bits per heavy atom. The second-order valence-corrected chi connectivity index (χ2v) is 4.19. The average Bonchev–Trinajstić information content (AvgIpc) is 2.03. The summed E-state index contributed by atoms with van der Waals surface area (Å²) in [5, 5.41) is 3.38. The lowest BCUT2D eigenvalue weighted by molar-refractivity contribution is 0.131. The Morgan fingerprint density at radius 3 is 2.50 bits per heavy atom. The molecule has 2 heteroatoms. The Kier molecular flexibility index (Phi) is 2.65. The zero-order valence-electron chi connectivity index (χ0n) is 8.53. The fourth-order valence-electron chi connectivity index (χ4n) is 1.48. The van der Waals surface area contributed by atoms with Gasteiger partial charge >= 0.3 is 0 Å². The molecule has 0 aromatic rings. The van der Waals surface area contributed by atoms with E-state index in [9.17, 15) is 0 Å². The first-order chi connectivity index (χ1) is 5.55.